The van der Waals surface area contributed by atoms with Gasteiger partial charge in [-0.2, -0.15) is 0 Å². The van der Waals surface area contributed by atoms with Gasteiger partial charge in [-0.3, -0.25) is 0 Å². The highest BCUT2D eigenvalue weighted by molar-refractivity contribution is 4.75. The molecule has 1 heteroatoms. The summed E-state index contributed by atoms with van der Waals surface area (Å²) in [6, 6.07) is 0. The zero-order valence-electron chi connectivity index (χ0n) is 9.71. The highest BCUT2D eigenvalue weighted by atomic mass is 15.1. The smallest absolute Gasteiger partial charge is 0.000969 e. The lowest BCUT2D eigenvalue weighted by atomic mass is 9.88. The van der Waals surface area contributed by atoms with Crippen LogP contribution in [-0.4, -0.2) is 24.5 Å². The highest BCUT2D eigenvalue weighted by Gasteiger charge is 2.22. The second kappa shape index (κ2) is 4.99. The molecule has 0 aromatic heterocycles. The van der Waals surface area contributed by atoms with Crippen molar-refractivity contribution in [3.05, 3.63) is 0 Å². The Morgan fingerprint density at radius 1 is 1.31 bits per heavy atom. The van der Waals surface area contributed by atoms with Gasteiger partial charge in [0, 0.05) is 13.1 Å². The van der Waals surface area contributed by atoms with E-state index in [0.717, 1.165) is 17.8 Å². The molecule has 0 saturated carbocycles. The third kappa shape index (κ3) is 3.30. The largest absolute Gasteiger partial charge is 0.303 e. The SMILES string of the molecule is CCC(C)CN1CCC(C)C(C)C1. The standard InChI is InChI=1S/C12H25N/c1-5-10(2)8-13-7-6-11(3)12(4)9-13/h10-12H,5-9H2,1-4H3. The van der Waals surface area contributed by atoms with E-state index in [-0.39, 0.29) is 0 Å². The number of rotatable bonds is 3. The predicted molar refractivity (Wildman–Crippen MR) is 58.8 cm³/mol. The van der Waals surface area contributed by atoms with Crippen LogP contribution in [0.15, 0.2) is 0 Å². The van der Waals surface area contributed by atoms with Crippen LogP contribution < -0.4 is 0 Å². The van der Waals surface area contributed by atoms with Crippen LogP contribution in [0.1, 0.15) is 40.5 Å². The van der Waals surface area contributed by atoms with Crippen LogP contribution in [0.2, 0.25) is 0 Å². The second-order valence-corrected chi connectivity index (χ2v) is 5.02. The zero-order chi connectivity index (χ0) is 9.84. The molecule has 1 heterocycles. The van der Waals surface area contributed by atoms with Gasteiger partial charge in [0.15, 0.2) is 0 Å². The van der Waals surface area contributed by atoms with Gasteiger partial charge in [0.1, 0.15) is 0 Å². The molecule has 0 aromatic rings. The number of nitrogens with zero attached hydrogens (tertiary/aromatic N) is 1. The quantitative estimate of drug-likeness (QED) is 0.650. The van der Waals surface area contributed by atoms with Crippen molar-refractivity contribution >= 4 is 0 Å². The summed E-state index contributed by atoms with van der Waals surface area (Å²) in [6.45, 7) is 13.4. The fourth-order valence-electron chi connectivity index (χ4n) is 2.08. The molecule has 0 bridgehead atoms. The summed E-state index contributed by atoms with van der Waals surface area (Å²) in [5.74, 6) is 2.71. The Bertz CT molecular complexity index is 142. The van der Waals surface area contributed by atoms with Gasteiger partial charge in [-0.05, 0) is 30.7 Å². The Morgan fingerprint density at radius 3 is 2.54 bits per heavy atom. The van der Waals surface area contributed by atoms with Crippen molar-refractivity contribution in [2.24, 2.45) is 17.8 Å². The van der Waals surface area contributed by atoms with Crippen molar-refractivity contribution < 1.29 is 0 Å². The van der Waals surface area contributed by atoms with Gasteiger partial charge in [-0.15, -0.1) is 0 Å². The average Bonchev–Trinajstić information content (AvgIpc) is 2.11. The van der Waals surface area contributed by atoms with Crippen molar-refractivity contribution in [1.82, 2.24) is 4.90 Å². The van der Waals surface area contributed by atoms with Crippen LogP contribution in [0.3, 0.4) is 0 Å². The molecule has 3 atom stereocenters. The van der Waals surface area contributed by atoms with Crippen molar-refractivity contribution in [3.63, 3.8) is 0 Å². The molecule has 0 N–H and O–H groups in total. The molecule has 1 nitrogen and oxygen atoms in total. The number of likely N-dealkylation sites (tertiary alicyclic amines) is 1. The Balaban J connectivity index is 2.29. The third-order valence-corrected chi connectivity index (χ3v) is 3.69. The number of hydrogen-bond acceptors (Lipinski definition) is 1. The first-order valence-corrected chi connectivity index (χ1v) is 5.85. The molecule has 1 rings (SSSR count). The number of hydrogen-bond donors (Lipinski definition) is 0. The lowest BCUT2D eigenvalue weighted by molar-refractivity contribution is 0.122. The summed E-state index contributed by atoms with van der Waals surface area (Å²) in [5.41, 5.74) is 0. The van der Waals surface area contributed by atoms with Crippen molar-refractivity contribution in [2.75, 3.05) is 19.6 Å². The fourth-order valence-corrected chi connectivity index (χ4v) is 2.08. The van der Waals surface area contributed by atoms with Crippen LogP contribution in [-0.2, 0) is 0 Å². The molecule has 3 unspecified atom stereocenters. The van der Waals surface area contributed by atoms with Crippen molar-refractivity contribution in [2.45, 2.75) is 40.5 Å². The molecule has 0 aliphatic carbocycles. The molecule has 0 amide bonds. The molecular formula is C12H25N. The Labute approximate surface area is 83.5 Å². The monoisotopic (exact) mass is 183 g/mol. The normalized spacial score (nSPS) is 33.2. The van der Waals surface area contributed by atoms with E-state index in [0.29, 0.717) is 0 Å². The van der Waals surface area contributed by atoms with Gasteiger partial charge >= 0.3 is 0 Å². The molecule has 0 radical (unpaired) electrons. The van der Waals surface area contributed by atoms with Crippen LogP contribution in [0, 0.1) is 17.8 Å². The molecule has 1 saturated heterocycles. The second-order valence-electron chi connectivity index (χ2n) is 5.02. The third-order valence-electron chi connectivity index (χ3n) is 3.69. The first kappa shape index (κ1) is 11.0. The summed E-state index contributed by atoms with van der Waals surface area (Å²) in [6.07, 6.45) is 2.72. The van der Waals surface area contributed by atoms with E-state index in [1.165, 1.54) is 32.5 Å². The van der Waals surface area contributed by atoms with Gasteiger partial charge in [0.2, 0.25) is 0 Å². The molecule has 1 aliphatic heterocycles. The van der Waals surface area contributed by atoms with E-state index in [4.69, 9.17) is 0 Å². The highest BCUT2D eigenvalue weighted by Crippen LogP contribution is 2.23. The molecule has 78 valence electrons. The topological polar surface area (TPSA) is 3.24 Å². The van der Waals surface area contributed by atoms with E-state index < -0.39 is 0 Å². The van der Waals surface area contributed by atoms with Crippen LogP contribution >= 0.6 is 0 Å². The van der Waals surface area contributed by atoms with E-state index in [2.05, 4.69) is 32.6 Å². The van der Waals surface area contributed by atoms with Gasteiger partial charge in [-0.25, -0.2) is 0 Å². The minimum atomic E-state index is 0.876. The maximum Gasteiger partial charge on any atom is 0.000969 e. The summed E-state index contributed by atoms with van der Waals surface area (Å²) in [4.78, 5) is 2.65. The minimum Gasteiger partial charge on any atom is -0.303 e. The van der Waals surface area contributed by atoms with E-state index in [9.17, 15) is 0 Å². The first-order chi connectivity index (χ1) is 6.13. The van der Waals surface area contributed by atoms with E-state index in [1.54, 1.807) is 0 Å². The van der Waals surface area contributed by atoms with Crippen LogP contribution in [0.25, 0.3) is 0 Å². The summed E-state index contributed by atoms with van der Waals surface area (Å²) >= 11 is 0. The zero-order valence-corrected chi connectivity index (χ0v) is 9.71. The fraction of sp³-hybridized carbons (Fsp3) is 1.00. The van der Waals surface area contributed by atoms with Crippen molar-refractivity contribution in [1.29, 1.82) is 0 Å². The summed E-state index contributed by atoms with van der Waals surface area (Å²) in [7, 11) is 0. The van der Waals surface area contributed by atoms with Gasteiger partial charge in [0.25, 0.3) is 0 Å². The van der Waals surface area contributed by atoms with Crippen LogP contribution in [0.5, 0.6) is 0 Å². The maximum atomic E-state index is 2.65. The Hall–Kier alpha value is -0.0400. The minimum absolute atomic E-state index is 0.876. The van der Waals surface area contributed by atoms with Crippen molar-refractivity contribution in [3.8, 4) is 0 Å². The molecular weight excluding hydrogens is 158 g/mol. The molecule has 0 aromatic carbocycles. The molecule has 0 spiro atoms. The molecule has 1 aliphatic rings. The maximum absolute atomic E-state index is 2.65. The summed E-state index contributed by atoms with van der Waals surface area (Å²) < 4.78 is 0. The molecule has 1 fully saturated rings. The lowest BCUT2D eigenvalue weighted by Crippen LogP contribution is -2.40. The number of piperidine rings is 1. The van der Waals surface area contributed by atoms with E-state index >= 15 is 0 Å². The van der Waals surface area contributed by atoms with Gasteiger partial charge in [-0.1, -0.05) is 34.1 Å². The average molecular weight is 183 g/mol. The predicted octanol–water partition coefficient (Wildman–Crippen LogP) is 3.01. The Morgan fingerprint density at radius 2 is 2.00 bits per heavy atom. The van der Waals surface area contributed by atoms with E-state index in [1.807, 2.05) is 0 Å². The van der Waals surface area contributed by atoms with Gasteiger partial charge < -0.3 is 4.90 Å². The molecule has 13 heavy (non-hydrogen) atoms. The first-order valence-electron chi connectivity index (χ1n) is 5.85. The lowest BCUT2D eigenvalue weighted by Gasteiger charge is -2.36. The van der Waals surface area contributed by atoms with Crippen LogP contribution in [0.4, 0.5) is 0 Å². The van der Waals surface area contributed by atoms with Gasteiger partial charge in [0.05, 0.1) is 0 Å². The summed E-state index contributed by atoms with van der Waals surface area (Å²) in [5, 5.41) is 0. The Kier molecular flexibility index (Phi) is 4.24.